The van der Waals surface area contributed by atoms with Crippen LogP contribution < -0.4 is 10.6 Å². The standard InChI is InChI=1S/C11H21N3O3/c1-12-5-6-14(2)11(17)13-9-4-3-8(7-9)10(15)16/h8-9,12H,3-7H2,1-2H3,(H,13,17)(H,15,16). The lowest BCUT2D eigenvalue weighted by atomic mass is 10.1. The van der Waals surface area contributed by atoms with E-state index in [1.807, 2.05) is 7.05 Å². The van der Waals surface area contributed by atoms with E-state index in [1.165, 1.54) is 0 Å². The molecular weight excluding hydrogens is 222 g/mol. The fraction of sp³-hybridized carbons (Fsp3) is 0.818. The molecule has 2 atom stereocenters. The summed E-state index contributed by atoms with van der Waals surface area (Å²) < 4.78 is 0. The minimum atomic E-state index is -0.759. The van der Waals surface area contributed by atoms with Gasteiger partial charge in [0.1, 0.15) is 0 Å². The van der Waals surface area contributed by atoms with Crippen LogP contribution in [0.5, 0.6) is 0 Å². The molecule has 1 saturated carbocycles. The number of carbonyl (C=O) groups is 2. The van der Waals surface area contributed by atoms with E-state index in [2.05, 4.69) is 10.6 Å². The van der Waals surface area contributed by atoms with Gasteiger partial charge in [-0.2, -0.15) is 0 Å². The molecule has 0 radical (unpaired) electrons. The number of likely N-dealkylation sites (N-methyl/N-ethyl adjacent to an activating group) is 2. The van der Waals surface area contributed by atoms with Crippen LogP contribution in [-0.2, 0) is 4.79 Å². The average molecular weight is 243 g/mol. The van der Waals surface area contributed by atoms with Gasteiger partial charge in [-0.25, -0.2) is 4.79 Å². The average Bonchev–Trinajstić information content (AvgIpc) is 2.74. The molecule has 0 saturated heterocycles. The van der Waals surface area contributed by atoms with Gasteiger partial charge in [0.2, 0.25) is 0 Å². The summed E-state index contributed by atoms with van der Waals surface area (Å²) in [4.78, 5) is 24.1. The first-order valence-corrected chi connectivity index (χ1v) is 5.93. The van der Waals surface area contributed by atoms with Crippen molar-refractivity contribution < 1.29 is 14.7 Å². The van der Waals surface area contributed by atoms with Gasteiger partial charge in [0.15, 0.2) is 0 Å². The Balaban J connectivity index is 2.30. The maximum atomic E-state index is 11.7. The molecule has 98 valence electrons. The number of nitrogens with zero attached hydrogens (tertiary/aromatic N) is 1. The van der Waals surface area contributed by atoms with Crippen LogP contribution in [0.3, 0.4) is 0 Å². The Kier molecular flexibility index (Phi) is 5.21. The van der Waals surface area contributed by atoms with E-state index in [-0.39, 0.29) is 18.0 Å². The number of carbonyl (C=O) groups excluding carboxylic acids is 1. The van der Waals surface area contributed by atoms with Crippen LogP contribution in [-0.4, -0.2) is 55.2 Å². The minimum Gasteiger partial charge on any atom is -0.481 e. The zero-order valence-corrected chi connectivity index (χ0v) is 10.4. The quantitative estimate of drug-likeness (QED) is 0.639. The van der Waals surface area contributed by atoms with Crippen molar-refractivity contribution >= 4 is 12.0 Å². The van der Waals surface area contributed by atoms with Crippen LogP contribution in [0.1, 0.15) is 19.3 Å². The summed E-state index contributed by atoms with van der Waals surface area (Å²) in [5.41, 5.74) is 0. The monoisotopic (exact) mass is 243 g/mol. The third-order valence-electron chi connectivity index (χ3n) is 3.15. The summed E-state index contributed by atoms with van der Waals surface area (Å²) >= 11 is 0. The molecule has 1 fully saturated rings. The highest BCUT2D eigenvalue weighted by molar-refractivity contribution is 5.75. The lowest BCUT2D eigenvalue weighted by Gasteiger charge is -2.20. The Hall–Kier alpha value is -1.30. The summed E-state index contributed by atoms with van der Waals surface area (Å²) in [6.45, 7) is 1.38. The molecule has 1 aliphatic carbocycles. The Bertz CT molecular complexity index is 283. The highest BCUT2D eigenvalue weighted by Crippen LogP contribution is 2.25. The van der Waals surface area contributed by atoms with Crippen molar-refractivity contribution in [2.75, 3.05) is 27.2 Å². The molecule has 0 spiro atoms. The van der Waals surface area contributed by atoms with Crippen LogP contribution in [0.4, 0.5) is 4.79 Å². The van der Waals surface area contributed by atoms with Crippen molar-refractivity contribution in [3.63, 3.8) is 0 Å². The summed E-state index contributed by atoms with van der Waals surface area (Å²) in [6.07, 6.45) is 1.95. The second-order valence-corrected chi connectivity index (χ2v) is 4.52. The fourth-order valence-corrected chi connectivity index (χ4v) is 2.00. The topological polar surface area (TPSA) is 81.7 Å². The molecule has 1 aliphatic rings. The molecule has 0 aromatic heterocycles. The number of carboxylic acid groups (broad SMARTS) is 1. The first kappa shape index (κ1) is 13.8. The zero-order valence-electron chi connectivity index (χ0n) is 10.4. The first-order valence-electron chi connectivity index (χ1n) is 5.93. The third-order valence-corrected chi connectivity index (χ3v) is 3.15. The van der Waals surface area contributed by atoms with Gasteiger partial charge in [0.25, 0.3) is 0 Å². The third kappa shape index (κ3) is 4.22. The van der Waals surface area contributed by atoms with E-state index < -0.39 is 5.97 Å². The van der Waals surface area contributed by atoms with Crippen molar-refractivity contribution in [2.45, 2.75) is 25.3 Å². The molecule has 0 bridgehead atoms. The fourth-order valence-electron chi connectivity index (χ4n) is 2.00. The van der Waals surface area contributed by atoms with E-state index in [1.54, 1.807) is 11.9 Å². The minimum absolute atomic E-state index is 0.000589. The molecule has 2 amide bonds. The van der Waals surface area contributed by atoms with E-state index >= 15 is 0 Å². The molecule has 0 aromatic rings. The summed E-state index contributed by atoms with van der Waals surface area (Å²) in [6, 6.07) is -0.128. The predicted molar refractivity (Wildman–Crippen MR) is 63.9 cm³/mol. The first-order chi connectivity index (χ1) is 8.04. The maximum absolute atomic E-state index is 11.7. The number of amides is 2. The highest BCUT2D eigenvalue weighted by Gasteiger charge is 2.30. The van der Waals surface area contributed by atoms with Gasteiger partial charge in [0, 0.05) is 26.2 Å². The lowest BCUT2D eigenvalue weighted by molar-refractivity contribution is -0.141. The SMILES string of the molecule is CNCCN(C)C(=O)NC1CCC(C(=O)O)C1. The number of hydrogen-bond acceptors (Lipinski definition) is 3. The van der Waals surface area contributed by atoms with Crippen molar-refractivity contribution in [3.05, 3.63) is 0 Å². The summed E-state index contributed by atoms with van der Waals surface area (Å²) in [5, 5.41) is 14.7. The smallest absolute Gasteiger partial charge is 0.317 e. The van der Waals surface area contributed by atoms with Crippen LogP contribution >= 0.6 is 0 Å². The number of carboxylic acids is 1. The Labute approximate surface area is 101 Å². The molecule has 0 aromatic carbocycles. The van der Waals surface area contributed by atoms with Crippen LogP contribution in [0.25, 0.3) is 0 Å². The number of urea groups is 1. The molecule has 3 N–H and O–H groups in total. The van der Waals surface area contributed by atoms with E-state index in [0.29, 0.717) is 19.4 Å². The van der Waals surface area contributed by atoms with E-state index in [0.717, 1.165) is 13.0 Å². The van der Waals surface area contributed by atoms with Crippen molar-refractivity contribution in [1.29, 1.82) is 0 Å². The summed E-state index contributed by atoms with van der Waals surface area (Å²) in [7, 11) is 3.57. The second kappa shape index (κ2) is 6.44. The Morgan fingerprint density at radius 1 is 1.41 bits per heavy atom. The molecule has 6 heteroatoms. The Morgan fingerprint density at radius 2 is 2.12 bits per heavy atom. The van der Waals surface area contributed by atoms with Gasteiger partial charge in [0.05, 0.1) is 5.92 Å². The van der Waals surface area contributed by atoms with Crippen molar-refractivity contribution in [2.24, 2.45) is 5.92 Å². The van der Waals surface area contributed by atoms with Crippen LogP contribution in [0.15, 0.2) is 0 Å². The number of nitrogens with one attached hydrogen (secondary N) is 2. The molecule has 6 nitrogen and oxygen atoms in total. The largest absolute Gasteiger partial charge is 0.481 e. The van der Waals surface area contributed by atoms with Gasteiger partial charge < -0.3 is 20.6 Å². The van der Waals surface area contributed by atoms with Crippen LogP contribution in [0, 0.1) is 5.92 Å². The molecule has 17 heavy (non-hydrogen) atoms. The second-order valence-electron chi connectivity index (χ2n) is 4.52. The zero-order chi connectivity index (χ0) is 12.8. The van der Waals surface area contributed by atoms with Crippen molar-refractivity contribution in [3.8, 4) is 0 Å². The Morgan fingerprint density at radius 3 is 2.65 bits per heavy atom. The molecule has 2 unspecified atom stereocenters. The van der Waals surface area contributed by atoms with Gasteiger partial charge in [-0.1, -0.05) is 0 Å². The van der Waals surface area contributed by atoms with Crippen LogP contribution in [0.2, 0.25) is 0 Å². The molecule has 0 heterocycles. The molecular formula is C11H21N3O3. The highest BCUT2D eigenvalue weighted by atomic mass is 16.4. The molecule has 1 rings (SSSR count). The van der Waals surface area contributed by atoms with Crippen molar-refractivity contribution in [1.82, 2.24) is 15.5 Å². The number of hydrogen-bond donors (Lipinski definition) is 3. The van der Waals surface area contributed by atoms with E-state index in [4.69, 9.17) is 5.11 Å². The lowest BCUT2D eigenvalue weighted by Crippen LogP contribution is -2.44. The van der Waals surface area contributed by atoms with E-state index in [9.17, 15) is 9.59 Å². The van der Waals surface area contributed by atoms with Gasteiger partial charge in [-0.3, -0.25) is 4.79 Å². The normalized spacial score (nSPS) is 23.4. The van der Waals surface area contributed by atoms with Gasteiger partial charge in [-0.05, 0) is 26.3 Å². The maximum Gasteiger partial charge on any atom is 0.317 e. The number of aliphatic carboxylic acids is 1. The predicted octanol–water partition coefficient (Wildman–Crippen LogP) is 0.101. The van der Waals surface area contributed by atoms with Gasteiger partial charge >= 0.3 is 12.0 Å². The summed E-state index contributed by atoms with van der Waals surface area (Å²) in [5.74, 6) is -1.06. The number of rotatable bonds is 5. The van der Waals surface area contributed by atoms with Gasteiger partial charge in [-0.15, -0.1) is 0 Å². The molecule has 0 aliphatic heterocycles.